The number of rotatable bonds is 7. The Labute approximate surface area is 171 Å². The third kappa shape index (κ3) is 4.19. The minimum atomic E-state index is -0.937. The van der Waals surface area contributed by atoms with Gasteiger partial charge in [-0.15, -0.1) is 0 Å². The molecule has 1 heterocycles. The summed E-state index contributed by atoms with van der Waals surface area (Å²) >= 11 is 3.36. The zero-order chi connectivity index (χ0) is 20.5. The summed E-state index contributed by atoms with van der Waals surface area (Å²) in [5.41, 5.74) is -0.235. The van der Waals surface area contributed by atoms with Crippen LogP contribution >= 0.6 is 15.9 Å². The van der Waals surface area contributed by atoms with Crippen LogP contribution in [0.3, 0.4) is 0 Å². The minimum absolute atomic E-state index is 0.0708. The lowest BCUT2D eigenvalue weighted by Gasteiger charge is -2.22. The fraction of sp³-hybridized carbons (Fsp3) is 0.474. The van der Waals surface area contributed by atoms with Crippen LogP contribution in [0.4, 0.5) is 4.79 Å². The van der Waals surface area contributed by atoms with E-state index in [1.807, 2.05) is 6.07 Å². The Balaban J connectivity index is 1.70. The molecule has 28 heavy (non-hydrogen) atoms. The molecule has 150 valence electrons. The van der Waals surface area contributed by atoms with Crippen LogP contribution in [0, 0.1) is 5.92 Å². The van der Waals surface area contributed by atoms with Crippen LogP contribution in [-0.4, -0.2) is 47.9 Å². The third-order valence-corrected chi connectivity index (χ3v) is 5.67. The Morgan fingerprint density at radius 3 is 2.71 bits per heavy atom. The average molecular weight is 452 g/mol. The molecule has 0 bridgehead atoms. The summed E-state index contributed by atoms with van der Waals surface area (Å²) in [4.78, 5) is 50.2. The Morgan fingerprint density at radius 1 is 1.39 bits per heavy atom. The number of hydrogen-bond acceptors (Lipinski definition) is 5. The SMILES string of the molecule is COC(=O)CC(NC(=O)CN1C(=O)NC(C)(C2CC2)C1=O)c1cccc(Br)c1. The molecule has 0 spiro atoms. The normalized spacial score (nSPS) is 22.6. The second kappa shape index (κ2) is 7.90. The largest absolute Gasteiger partial charge is 0.469 e. The molecular formula is C19H22BrN3O5. The van der Waals surface area contributed by atoms with Crippen LogP contribution in [-0.2, 0) is 19.1 Å². The molecule has 4 amide bonds. The van der Waals surface area contributed by atoms with E-state index in [0.717, 1.165) is 22.2 Å². The van der Waals surface area contributed by atoms with E-state index in [0.29, 0.717) is 5.56 Å². The third-order valence-electron chi connectivity index (χ3n) is 5.18. The van der Waals surface area contributed by atoms with Gasteiger partial charge in [0.2, 0.25) is 5.91 Å². The zero-order valence-corrected chi connectivity index (χ0v) is 17.2. The first-order valence-corrected chi connectivity index (χ1v) is 9.79. The summed E-state index contributed by atoms with van der Waals surface area (Å²) < 4.78 is 5.51. The maximum absolute atomic E-state index is 12.7. The second-order valence-corrected chi connectivity index (χ2v) is 8.17. The molecule has 2 aliphatic rings. The molecule has 1 aliphatic carbocycles. The first-order valence-electron chi connectivity index (χ1n) is 9.00. The number of amides is 4. The highest BCUT2D eigenvalue weighted by atomic mass is 79.9. The Kier molecular flexibility index (Phi) is 5.74. The highest BCUT2D eigenvalue weighted by Gasteiger charge is 2.56. The van der Waals surface area contributed by atoms with Gasteiger partial charge in [0.1, 0.15) is 12.1 Å². The van der Waals surface area contributed by atoms with Gasteiger partial charge in [-0.05, 0) is 43.4 Å². The lowest BCUT2D eigenvalue weighted by atomic mass is 9.96. The number of carbonyl (C=O) groups is 4. The van der Waals surface area contributed by atoms with E-state index in [2.05, 4.69) is 26.6 Å². The molecule has 2 fully saturated rings. The van der Waals surface area contributed by atoms with Crippen molar-refractivity contribution in [3.63, 3.8) is 0 Å². The highest BCUT2D eigenvalue weighted by molar-refractivity contribution is 9.10. The van der Waals surface area contributed by atoms with Crippen molar-refractivity contribution in [1.82, 2.24) is 15.5 Å². The zero-order valence-electron chi connectivity index (χ0n) is 15.7. The van der Waals surface area contributed by atoms with Crippen LogP contribution < -0.4 is 10.6 Å². The molecule has 1 aromatic carbocycles. The second-order valence-electron chi connectivity index (χ2n) is 7.25. The van der Waals surface area contributed by atoms with Gasteiger partial charge in [0.05, 0.1) is 19.6 Å². The molecule has 2 unspecified atom stereocenters. The van der Waals surface area contributed by atoms with Crippen molar-refractivity contribution in [3.8, 4) is 0 Å². The van der Waals surface area contributed by atoms with Crippen LogP contribution in [0.15, 0.2) is 28.7 Å². The van der Waals surface area contributed by atoms with Crippen molar-refractivity contribution >= 4 is 39.7 Å². The smallest absolute Gasteiger partial charge is 0.325 e. The van der Waals surface area contributed by atoms with E-state index in [1.54, 1.807) is 25.1 Å². The lowest BCUT2D eigenvalue weighted by Crippen LogP contribution is -2.47. The van der Waals surface area contributed by atoms with Crippen molar-refractivity contribution in [3.05, 3.63) is 34.3 Å². The fourth-order valence-corrected chi connectivity index (χ4v) is 3.82. The lowest BCUT2D eigenvalue weighted by molar-refractivity contribution is -0.141. The summed E-state index contributed by atoms with van der Waals surface area (Å²) in [6, 6.07) is 5.96. The van der Waals surface area contributed by atoms with Crippen molar-refractivity contribution in [2.75, 3.05) is 13.7 Å². The van der Waals surface area contributed by atoms with E-state index >= 15 is 0 Å². The number of urea groups is 1. The summed E-state index contributed by atoms with van der Waals surface area (Å²) in [6.45, 7) is 1.29. The highest BCUT2D eigenvalue weighted by Crippen LogP contribution is 2.42. The van der Waals surface area contributed by atoms with Gasteiger partial charge in [-0.1, -0.05) is 28.1 Å². The van der Waals surface area contributed by atoms with Gasteiger partial charge in [0.25, 0.3) is 5.91 Å². The molecule has 2 N–H and O–H groups in total. The fourth-order valence-electron chi connectivity index (χ4n) is 3.41. The van der Waals surface area contributed by atoms with Crippen molar-refractivity contribution < 1.29 is 23.9 Å². The average Bonchev–Trinajstić information content (AvgIpc) is 3.47. The van der Waals surface area contributed by atoms with Gasteiger partial charge >= 0.3 is 12.0 Å². The summed E-state index contributed by atoms with van der Waals surface area (Å²) in [5.74, 6) is -1.29. The number of hydrogen-bond donors (Lipinski definition) is 2. The molecule has 0 aromatic heterocycles. The van der Waals surface area contributed by atoms with E-state index in [1.165, 1.54) is 7.11 Å². The maximum atomic E-state index is 12.7. The van der Waals surface area contributed by atoms with Gasteiger partial charge in [0.15, 0.2) is 0 Å². The van der Waals surface area contributed by atoms with Crippen molar-refractivity contribution in [2.24, 2.45) is 5.92 Å². The predicted octanol–water partition coefficient (Wildman–Crippen LogP) is 1.89. The molecule has 1 saturated carbocycles. The van der Waals surface area contributed by atoms with Gasteiger partial charge in [0, 0.05) is 4.47 Å². The van der Waals surface area contributed by atoms with Crippen LogP contribution in [0.25, 0.3) is 0 Å². The number of carbonyl (C=O) groups excluding carboxylic acids is 4. The van der Waals surface area contributed by atoms with Crippen LogP contribution in [0.1, 0.15) is 37.8 Å². The number of esters is 1. The maximum Gasteiger partial charge on any atom is 0.325 e. The number of halogens is 1. The molecular weight excluding hydrogens is 430 g/mol. The van der Waals surface area contributed by atoms with E-state index in [-0.39, 0.29) is 18.2 Å². The standard InChI is InChI=1S/C19H22BrN3O5/c1-19(12-6-7-12)17(26)23(18(27)22-19)10-15(24)21-14(9-16(25)28-2)11-4-3-5-13(20)8-11/h3-5,8,12,14H,6-7,9-10H2,1-2H3,(H,21,24)(H,22,27). The van der Waals surface area contributed by atoms with Crippen molar-refractivity contribution in [2.45, 2.75) is 37.8 Å². The molecule has 3 rings (SSSR count). The molecule has 1 aliphatic heterocycles. The minimum Gasteiger partial charge on any atom is -0.469 e. The summed E-state index contributed by atoms with van der Waals surface area (Å²) in [7, 11) is 1.27. The molecule has 9 heteroatoms. The number of imide groups is 1. The van der Waals surface area contributed by atoms with Crippen LogP contribution in [0.5, 0.6) is 0 Å². The van der Waals surface area contributed by atoms with E-state index in [4.69, 9.17) is 4.74 Å². The molecule has 1 aromatic rings. The molecule has 0 radical (unpaired) electrons. The summed E-state index contributed by atoms with van der Waals surface area (Å²) in [6.07, 6.45) is 1.69. The molecule has 8 nitrogen and oxygen atoms in total. The number of benzene rings is 1. The monoisotopic (exact) mass is 451 g/mol. The number of nitrogens with zero attached hydrogens (tertiary/aromatic N) is 1. The molecule has 1 saturated heterocycles. The van der Waals surface area contributed by atoms with Crippen molar-refractivity contribution in [1.29, 1.82) is 0 Å². The number of nitrogens with one attached hydrogen (secondary N) is 2. The van der Waals surface area contributed by atoms with Gasteiger partial charge in [-0.2, -0.15) is 0 Å². The number of ether oxygens (including phenoxy) is 1. The Hall–Kier alpha value is -2.42. The predicted molar refractivity (Wildman–Crippen MR) is 103 cm³/mol. The first-order chi connectivity index (χ1) is 13.2. The van der Waals surface area contributed by atoms with Gasteiger partial charge in [-0.3, -0.25) is 19.3 Å². The van der Waals surface area contributed by atoms with Crippen LogP contribution in [0.2, 0.25) is 0 Å². The number of methoxy groups -OCH3 is 1. The molecule has 2 atom stereocenters. The van der Waals surface area contributed by atoms with E-state index in [9.17, 15) is 19.2 Å². The first kappa shape index (κ1) is 20.3. The Bertz CT molecular complexity index is 826. The van der Waals surface area contributed by atoms with Gasteiger partial charge in [-0.25, -0.2) is 4.79 Å². The Morgan fingerprint density at radius 2 is 2.11 bits per heavy atom. The quantitative estimate of drug-likeness (QED) is 0.486. The van der Waals surface area contributed by atoms with Gasteiger partial charge < -0.3 is 15.4 Å². The van der Waals surface area contributed by atoms with E-state index < -0.39 is 36.0 Å². The topological polar surface area (TPSA) is 105 Å². The summed E-state index contributed by atoms with van der Waals surface area (Å²) in [5, 5.41) is 5.44.